The molecule has 8 nitrogen and oxygen atoms in total. The van der Waals surface area contributed by atoms with Crippen molar-refractivity contribution in [2.45, 2.75) is 173 Å². The van der Waals surface area contributed by atoms with E-state index in [9.17, 15) is 39.9 Å². The predicted octanol–water partition coefficient (Wildman–Crippen LogP) is 4.34. The van der Waals surface area contributed by atoms with Crippen LogP contribution in [0.1, 0.15) is 145 Å². The molecule has 0 saturated heterocycles. The monoisotopic (exact) mass is 546 g/mol. The summed E-state index contributed by atoms with van der Waals surface area (Å²) in [6.45, 7) is 0.940. The Morgan fingerprint density at radius 3 is 1.26 bits per heavy atom. The van der Waals surface area contributed by atoms with Crippen molar-refractivity contribution in [3.05, 3.63) is 0 Å². The van der Waals surface area contributed by atoms with Crippen molar-refractivity contribution in [1.82, 2.24) is 0 Å². The Kier molecular flexibility index (Phi) is 20.6. The zero-order valence-corrected chi connectivity index (χ0v) is 23.4. The standard InChI is InChI=1S/C30H56O8/c1-3-5-7-9-11-13-15-17-19-21-23(31)25(33)27(35)29(37)30(38)28(36)26(34)24(32)22-20-18-16-14-12-10-8-6-4-2/h25-27,29-30,33-35,37-38H,3-22H2,1-2H3/t25?,26?,27-,29-,30+/m1/s1/i1D,2D. The molecule has 0 aliphatic carbocycles. The third kappa shape index (κ3) is 16.7. The van der Waals surface area contributed by atoms with E-state index in [1.807, 2.05) is 0 Å². The van der Waals surface area contributed by atoms with E-state index < -0.39 is 47.9 Å². The molecule has 0 aromatic rings. The van der Waals surface area contributed by atoms with Gasteiger partial charge in [-0.2, -0.15) is 0 Å². The van der Waals surface area contributed by atoms with Gasteiger partial charge >= 0.3 is 0 Å². The molecule has 0 radical (unpaired) electrons. The van der Waals surface area contributed by atoms with Gasteiger partial charge in [-0.1, -0.05) is 117 Å². The summed E-state index contributed by atoms with van der Waals surface area (Å²) in [4.78, 5) is 36.7. The lowest BCUT2D eigenvalue weighted by molar-refractivity contribution is -0.160. The summed E-state index contributed by atoms with van der Waals surface area (Å²) in [6.07, 6.45) is 6.16. The van der Waals surface area contributed by atoms with Crippen molar-refractivity contribution < 1.29 is 42.7 Å². The number of rotatable bonds is 27. The number of aliphatic hydroxyl groups is 5. The summed E-state index contributed by atoms with van der Waals surface area (Å²) in [5.41, 5.74) is 0. The van der Waals surface area contributed by atoms with E-state index in [2.05, 4.69) is 0 Å². The van der Waals surface area contributed by atoms with Crippen LogP contribution in [-0.4, -0.2) is 73.4 Å². The normalized spacial score (nSPS) is 16.2. The molecular weight excluding hydrogens is 488 g/mol. The number of hydrogen-bond donors (Lipinski definition) is 5. The maximum Gasteiger partial charge on any atom is 0.199 e. The number of unbranched alkanes of at least 4 members (excludes halogenated alkanes) is 16. The zero-order valence-electron chi connectivity index (χ0n) is 25.4. The minimum atomic E-state index is -2.33. The summed E-state index contributed by atoms with van der Waals surface area (Å²) >= 11 is 0. The summed E-state index contributed by atoms with van der Waals surface area (Å²) in [7, 11) is 0. The van der Waals surface area contributed by atoms with E-state index in [4.69, 9.17) is 2.74 Å². The van der Waals surface area contributed by atoms with Crippen molar-refractivity contribution in [2.24, 2.45) is 0 Å². The van der Waals surface area contributed by atoms with Gasteiger partial charge in [0, 0.05) is 15.6 Å². The molecule has 224 valence electrons. The van der Waals surface area contributed by atoms with Crippen LogP contribution in [-0.2, 0) is 14.4 Å². The highest BCUT2D eigenvalue weighted by Gasteiger charge is 2.40. The molecule has 5 atom stereocenters. The minimum Gasteiger partial charge on any atom is -0.387 e. The molecule has 5 N–H and O–H groups in total. The van der Waals surface area contributed by atoms with Crippen LogP contribution in [0.2, 0.25) is 0 Å². The topological polar surface area (TPSA) is 152 Å². The Morgan fingerprint density at radius 1 is 0.500 bits per heavy atom. The lowest BCUT2D eigenvalue weighted by Crippen LogP contribution is -2.53. The second kappa shape index (κ2) is 23.7. The average molecular weight is 547 g/mol. The number of ketones is 3. The maximum atomic E-state index is 12.3. The summed E-state index contributed by atoms with van der Waals surface area (Å²) in [5, 5.41) is 50.5. The van der Waals surface area contributed by atoms with Crippen molar-refractivity contribution in [1.29, 1.82) is 0 Å². The van der Waals surface area contributed by atoms with Crippen LogP contribution >= 0.6 is 0 Å². The van der Waals surface area contributed by atoms with E-state index >= 15 is 0 Å². The fraction of sp³-hybridized carbons (Fsp3) is 0.900. The average Bonchev–Trinajstić information content (AvgIpc) is 2.96. The molecule has 0 aromatic heterocycles. The molecule has 0 aliphatic rings. The molecule has 38 heavy (non-hydrogen) atoms. The van der Waals surface area contributed by atoms with E-state index in [-0.39, 0.29) is 12.8 Å². The van der Waals surface area contributed by atoms with Crippen molar-refractivity contribution >= 4 is 17.3 Å². The summed E-state index contributed by atoms with van der Waals surface area (Å²) in [6, 6.07) is 0. The molecule has 0 amide bonds. The van der Waals surface area contributed by atoms with Gasteiger partial charge in [-0.3, -0.25) is 14.4 Å². The van der Waals surface area contributed by atoms with Gasteiger partial charge in [0.15, 0.2) is 23.5 Å². The second-order valence-electron chi connectivity index (χ2n) is 10.5. The molecule has 0 bridgehead atoms. The van der Waals surface area contributed by atoms with Crippen LogP contribution in [0.4, 0.5) is 0 Å². The molecule has 0 spiro atoms. The van der Waals surface area contributed by atoms with Gasteiger partial charge in [0.05, 0.1) is 0 Å². The third-order valence-electron chi connectivity index (χ3n) is 7.04. The van der Waals surface area contributed by atoms with Crippen LogP contribution in [0.25, 0.3) is 0 Å². The molecule has 0 saturated carbocycles. The lowest BCUT2D eigenvalue weighted by atomic mass is 9.92. The lowest BCUT2D eigenvalue weighted by Gasteiger charge is -2.26. The third-order valence-corrected chi connectivity index (χ3v) is 7.04. The molecule has 0 fully saturated rings. The Labute approximate surface area is 233 Å². The highest BCUT2D eigenvalue weighted by atomic mass is 16.4. The van der Waals surface area contributed by atoms with E-state index in [0.717, 1.165) is 103 Å². The van der Waals surface area contributed by atoms with Crippen LogP contribution < -0.4 is 0 Å². The predicted molar refractivity (Wildman–Crippen MR) is 149 cm³/mol. The van der Waals surface area contributed by atoms with E-state index in [1.165, 1.54) is 0 Å². The molecule has 0 rings (SSSR count). The Bertz CT molecular complexity index is 664. The molecule has 8 heteroatoms. The van der Waals surface area contributed by atoms with Crippen molar-refractivity contribution in [3.63, 3.8) is 0 Å². The van der Waals surface area contributed by atoms with Gasteiger partial charge in [-0.15, -0.1) is 0 Å². The number of carbonyl (C=O) groups excluding carboxylic acids is 3. The first-order valence-corrected chi connectivity index (χ1v) is 14.8. The number of Topliss-reactive ketones (excluding diaryl/α,β-unsaturated/α-hetero) is 3. The quantitative estimate of drug-likeness (QED) is 0.0753. The maximum absolute atomic E-state index is 12.3. The van der Waals surface area contributed by atoms with Gasteiger partial charge in [-0.05, 0) is 12.8 Å². The summed E-state index contributed by atoms with van der Waals surface area (Å²) in [5.74, 6) is -2.87. The number of carbonyl (C=O) groups is 3. The SMILES string of the molecule is [2H]CCCCCCCCCCCC(=O)C(O)C(=O)[C@H](O)[C@H](O)[C@H](O)C(O)C(=O)CCCCCCCCCCC[2H]. The molecule has 0 heterocycles. The smallest absolute Gasteiger partial charge is 0.199 e. The highest BCUT2D eigenvalue weighted by Crippen LogP contribution is 2.15. The first-order chi connectivity index (χ1) is 19.2. The fourth-order valence-electron chi connectivity index (χ4n) is 4.41. The molecule has 2 unspecified atom stereocenters. The Morgan fingerprint density at radius 2 is 0.842 bits per heavy atom. The van der Waals surface area contributed by atoms with Crippen LogP contribution in [0.3, 0.4) is 0 Å². The van der Waals surface area contributed by atoms with Gasteiger partial charge < -0.3 is 25.5 Å². The summed E-state index contributed by atoms with van der Waals surface area (Å²) < 4.78 is 14.2. The first kappa shape index (κ1) is 33.0. The van der Waals surface area contributed by atoms with Crippen molar-refractivity contribution in [2.75, 3.05) is 0 Å². The molecule has 0 aliphatic heterocycles. The van der Waals surface area contributed by atoms with Gasteiger partial charge in [0.2, 0.25) is 0 Å². The van der Waals surface area contributed by atoms with Gasteiger partial charge in [-0.25, -0.2) is 0 Å². The van der Waals surface area contributed by atoms with Crippen LogP contribution in [0, 0.1) is 0 Å². The van der Waals surface area contributed by atoms with Gasteiger partial charge in [0.25, 0.3) is 0 Å². The van der Waals surface area contributed by atoms with Crippen LogP contribution in [0.15, 0.2) is 0 Å². The van der Waals surface area contributed by atoms with E-state index in [0.29, 0.717) is 26.6 Å². The first-order valence-electron chi connectivity index (χ1n) is 16.2. The molecular formula is C30H56O8. The van der Waals surface area contributed by atoms with Crippen molar-refractivity contribution in [3.8, 4) is 0 Å². The Hall–Kier alpha value is -1.19. The number of aliphatic hydroxyl groups excluding tert-OH is 5. The van der Waals surface area contributed by atoms with Gasteiger partial charge in [0.1, 0.15) is 24.4 Å². The largest absolute Gasteiger partial charge is 0.387 e. The fourth-order valence-corrected chi connectivity index (χ4v) is 4.41. The number of hydrogen-bond acceptors (Lipinski definition) is 8. The second-order valence-corrected chi connectivity index (χ2v) is 10.5. The minimum absolute atomic E-state index is 0.0222. The molecule has 0 aromatic carbocycles. The zero-order chi connectivity index (χ0) is 30.2. The highest BCUT2D eigenvalue weighted by molar-refractivity contribution is 6.07. The van der Waals surface area contributed by atoms with E-state index in [1.54, 1.807) is 0 Å². The van der Waals surface area contributed by atoms with Crippen LogP contribution in [0.5, 0.6) is 0 Å². The Balaban J connectivity index is 4.20.